The number of terminal acetylenes is 1. The van der Waals surface area contributed by atoms with Crippen LogP contribution in [-0.2, 0) is 5.92 Å². The van der Waals surface area contributed by atoms with Crippen LogP contribution in [0.3, 0.4) is 0 Å². The molecular weight excluding hydrogens is 335 g/mol. The molecule has 138 valence electrons. The summed E-state index contributed by atoms with van der Waals surface area (Å²) in [7, 11) is 0. The number of carboxylic acid groups (broad SMARTS) is 1. The Hall–Kier alpha value is -2.20. The van der Waals surface area contributed by atoms with Gasteiger partial charge in [-0.05, 0) is 40.7 Å². The van der Waals surface area contributed by atoms with Crippen LogP contribution in [0, 0.1) is 18.2 Å². The van der Waals surface area contributed by atoms with Crippen molar-refractivity contribution in [2.24, 2.45) is 0 Å². The largest absolute Gasteiger partial charge is 0.465 e. The highest BCUT2D eigenvalue weighted by molar-refractivity contribution is 5.67. The van der Waals surface area contributed by atoms with Crippen LogP contribution in [0.1, 0.15) is 51.8 Å². The van der Waals surface area contributed by atoms with Crippen molar-refractivity contribution in [1.29, 1.82) is 0 Å². The predicted octanol–water partition coefficient (Wildman–Crippen LogP) is 4.14. The molecule has 0 saturated carbocycles. The molecule has 4 nitrogen and oxygen atoms in total. The zero-order chi connectivity index (χ0) is 19.8. The standard InChI is InChI=1S/C18H22F3NO3/c1-7-17(6,25)18(20,21)13-10-8-9-12(14(13)19)11(2)22(15(23)24)16(3,4)5/h1,8-11,25H,2-6H3,(H,23,24)/t11-,17?/m1/s1. The molecule has 1 amide bonds. The topological polar surface area (TPSA) is 60.8 Å². The number of hydrogen-bond acceptors (Lipinski definition) is 2. The van der Waals surface area contributed by atoms with Crippen LogP contribution in [0.5, 0.6) is 0 Å². The van der Waals surface area contributed by atoms with Gasteiger partial charge in [0.1, 0.15) is 5.82 Å². The molecule has 0 saturated heterocycles. The van der Waals surface area contributed by atoms with Crippen molar-refractivity contribution in [1.82, 2.24) is 4.90 Å². The van der Waals surface area contributed by atoms with E-state index in [4.69, 9.17) is 6.42 Å². The summed E-state index contributed by atoms with van der Waals surface area (Å²) in [5, 5.41) is 19.1. The van der Waals surface area contributed by atoms with Crippen LogP contribution in [0.15, 0.2) is 18.2 Å². The van der Waals surface area contributed by atoms with Gasteiger partial charge in [-0.3, -0.25) is 4.90 Å². The van der Waals surface area contributed by atoms with Crippen LogP contribution in [-0.4, -0.2) is 32.3 Å². The normalized spacial score (nSPS) is 15.8. The van der Waals surface area contributed by atoms with Crippen molar-refractivity contribution < 1.29 is 28.2 Å². The first-order chi connectivity index (χ1) is 11.2. The molecule has 0 aliphatic carbocycles. The highest BCUT2D eigenvalue weighted by Gasteiger charge is 2.51. The van der Waals surface area contributed by atoms with Gasteiger partial charge < -0.3 is 10.2 Å². The van der Waals surface area contributed by atoms with E-state index < -0.39 is 40.6 Å². The summed E-state index contributed by atoms with van der Waals surface area (Å²) in [6.07, 6.45) is 3.62. The third-order valence-electron chi connectivity index (χ3n) is 4.03. The number of carbonyl (C=O) groups is 1. The Kier molecular flexibility index (Phi) is 5.50. The quantitative estimate of drug-likeness (QED) is 0.796. The van der Waals surface area contributed by atoms with E-state index in [1.807, 2.05) is 0 Å². The lowest BCUT2D eigenvalue weighted by atomic mass is 9.89. The first-order valence-electron chi connectivity index (χ1n) is 7.57. The van der Waals surface area contributed by atoms with Crippen molar-refractivity contribution in [3.8, 4) is 12.3 Å². The smallest absolute Gasteiger partial charge is 0.408 e. The third-order valence-corrected chi connectivity index (χ3v) is 4.03. The minimum atomic E-state index is -4.06. The summed E-state index contributed by atoms with van der Waals surface area (Å²) in [6, 6.07) is 2.18. The van der Waals surface area contributed by atoms with Gasteiger partial charge >= 0.3 is 12.0 Å². The number of halogens is 3. The molecule has 0 aliphatic heterocycles. The number of benzene rings is 1. The summed E-state index contributed by atoms with van der Waals surface area (Å²) in [6.45, 7) is 6.94. The number of nitrogens with zero attached hydrogens (tertiary/aromatic N) is 1. The Morgan fingerprint density at radius 1 is 1.28 bits per heavy atom. The van der Waals surface area contributed by atoms with Crippen LogP contribution in [0.2, 0.25) is 0 Å². The zero-order valence-electron chi connectivity index (χ0n) is 14.8. The third kappa shape index (κ3) is 3.74. The van der Waals surface area contributed by atoms with Crippen LogP contribution >= 0.6 is 0 Å². The van der Waals surface area contributed by atoms with Gasteiger partial charge in [-0.15, -0.1) is 6.42 Å². The zero-order valence-corrected chi connectivity index (χ0v) is 14.8. The molecule has 0 heterocycles. The second-order valence-electron chi connectivity index (χ2n) is 7.00. The Morgan fingerprint density at radius 3 is 2.20 bits per heavy atom. The molecule has 1 aromatic rings. The van der Waals surface area contributed by atoms with Gasteiger partial charge in [0.25, 0.3) is 0 Å². The molecule has 0 bridgehead atoms. The molecule has 0 fully saturated rings. The Morgan fingerprint density at radius 2 is 1.80 bits per heavy atom. The number of amides is 1. The van der Waals surface area contributed by atoms with Gasteiger partial charge in [0, 0.05) is 11.1 Å². The van der Waals surface area contributed by atoms with Gasteiger partial charge in [0.15, 0.2) is 5.60 Å². The molecule has 2 atom stereocenters. The minimum Gasteiger partial charge on any atom is -0.465 e. The number of hydrogen-bond donors (Lipinski definition) is 2. The average Bonchev–Trinajstić information content (AvgIpc) is 2.44. The number of alkyl halides is 2. The fourth-order valence-electron chi connectivity index (χ4n) is 2.64. The average molecular weight is 357 g/mol. The summed E-state index contributed by atoms with van der Waals surface area (Å²) in [4.78, 5) is 12.5. The van der Waals surface area contributed by atoms with Crippen LogP contribution < -0.4 is 0 Å². The van der Waals surface area contributed by atoms with Crippen molar-refractivity contribution >= 4 is 6.09 Å². The van der Waals surface area contributed by atoms with E-state index >= 15 is 0 Å². The maximum Gasteiger partial charge on any atom is 0.408 e. The maximum absolute atomic E-state index is 14.8. The maximum atomic E-state index is 14.8. The van der Waals surface area contributed by atoms with Gasteiger partial charge in [-0.1, -0.05) is 18.1 Å². The molecule has 0 aliphatic rings. The highest BCUT2D eigenvalue weighted by atomic mass is 19.3. The van der Waals surface area contributed by atoms with Crippen LogP contribution in [0.4, 0.5) is 18.0 Å². The van der Waals surface area contributed by atoms with E-state index in [0.29, 0.717) is 6.92 Å². The SMILES string of the molecule is C#CC(C)(O)C(F)(F)c1cccc([C@@H](C)N(C(=O)O)C(C)(C)C)c1F. The highest BCUT2D eigenvalue weighted by Crippen LogP contribution is 2.42. The summed E-state index contributed by atoms with van der Waals surface area (Å²) in [5.41, 5.74) is -5.10. The molecule has 1 aromatic carbocycles. The lowest BCUT2D eigenvalue weighted by molar-refractivity contribution is -0.148. The fourth-order valence-corrected chi connectivity index (χ4v) is 2.64. The predicted molar refractivity (Wildman–Crippen MR) is 87.8 cm³/mol. The van der Waals surface area contributed by atoms with Crippen molar-refractivity contribution in [2.75, 3.05) is 0 Å². The second-order valence-corrected chi connectivity index (χ2v) is 7.00. The molecule has 0 spiro atoms. The Bertz CT molecular complexity index is 702. The first kappa shape index (κ1) is 20.8. The van der Waals surface area contributed by atoms with E-state index in [1.54, 1.807) is 26.7 Å². The molecule has 0 aromatic heterocycles. The molecule has 7 heteroatoms. The van der Waals surface area contributed by atoms with Crippen LogP contribution in [0.25, 0.3) is 0 Å². The summed E-state index contributed by atoms with van der Waals surface area (Å²) < 4.78 is 43.8. The number of rotatable bonds is 4. The Labute approximate surface area is 145 Å². The van der Waals surface area contributed by atoms with Gasteiger partial charge in [0.05, 0.1) is 11.6 Å². The van der Waals surface area contributed by atoms with Crippen molar-refractivity contribution in [3.63, 3.8) is 0 Å². The van der Waals surface area contributed by atoms with E-state index in [0.717, 1.165) is 11.0 Å². The first-order valence-corrected chi connectivity index (χ1v) is 7.57. The molecule has 1 unspecified atom stereocenters. The van der Waals surface area contributed by atoms with E-state index in [1.165, 1.54) is 19.1 Å². The lowest BCUT2D eigenvalue weighted by Gasteiger charge is -2.38. The second kappa shape index (κ2) is 6.60. The molecular formula is C18H22F3NO3. The molecule has 1 rings (SSSR count). The van der Waals surface area contributed by atoms with Crippen molar-refractivity contribution in [2.45, 2.75) is 57.7 Å². The van der Waals surface area contributed by atoms with E-state index in [2.05, 4.69) is 0 Å². The molecule has 0 radical (unpaired) electrons. The Balaban J connectivity index is 3.53. The number of aliphatic hydroxyl groups is 1. The summed E-state index contributed by atoms with van der Waals surface area (Å²) in [5.74, 6) is -3.80. The van der Waals surface area contributed by atoms with E-state index in [9.17, 15) is 28.2 Å². The molecule has 25 heavy (non-hydrogen) atoms. The van der Waals surface area contributed by atoms with Crippen molar-refractivity contribution in [3.05, 3.63) is 35.1 Å². The lowest BCUT2D eigenvalue weighted by Crippen LogP contribution is -2.47. The fraction of sp³-hybridized carbons (Fsp3) is 0.500. The van der Waals surface area contributed by atoms with E-state index in [-0.39, 0.29) is 5.56 Å². The van der Waals surface area contributed by atoms with Gasteiger partial charge in [-0.2, -0.15) is 8.78 Å². The summed E-state index contributed by atoms with van der Waals surface area (Å²) >= 11 is 0. The molecule has 2 N–H and O–H groups in total. The van der Waals surface area contributed by atoms with Gasteiger partial charge in [0.2, 0.25) is 0 Å². The monoisotopic (exact) mass is 357 g/mol. The minimum absolute atomic E-state index is 0.234. The van der Waals surface area contributed by atoms with Gasteiger partial charge in [-0.25, -0.2) is 9.18 Å².